The Morgan fingerprint density at radius 3 is 2.55 bits per heavy atom. The molecule has 0 fully saturated rings. The molecule has 0 bridgehead atoms. The summed E-state index contributed by atoms with van der Waals surface area (Å²) in [7, 11) is 0. The van der Waals surface area contributed by atoms with Crippen LogP contribution in [0.3, 0.4) is 0 Å². The van der Waals surface area contributed by atoms with E-state index >= 15 is 0 Å². The van der Waals surface area contributed by atoms with Crippen LogP contribution in [0.25, 0.3) is 0 Å². The zero-order valence-corrected chi connectivity index (χ0v) is 12.1. The first-order chi connectivity index (χ1) is 9.56. The van der Waals surface area contributed by atoms with E-state index in [0.717, 1.165) is 17.8 Å². The SMILES string of the molecule is CCNCCC(=O)N(CCC(=O)O)c1ccccc1C. The molecule has 0 unspecified atom stereocenters. The summed E-state index contributed by atoms with van der Waals surface area (Å²) in [5.41, 5.74) is 1.75. The van der Waals surface area contributed by atoms with Crippen LogP contribution < -0.4 is 10.2 Å². The predicted molar refractivity (Wildman–Crippen MR) is 78.9 cm³/mol. The van der Waals surface area contributed by atoms with Crippen molar-refractivity contribution in [2.24, 2.45) is 0 Å². The number of aryl methyl sites for hydroxylation is 1. The average molecular weight is 278 g/mol. The third-order valence-electron chi connectivity index (χ3n) is 3.02. The number of nitrogens with one attached hydrogen (secondary N) is 1. The highest BCUT2D eigenvalue weighted by molar-refractivity contribution is 5.94. The van der Waals surface area contributed by atoms with Gasteiger partial charge in [-0.25, -0.2) is 0 Å². The van der Waals surface area contributed by atoms with Gasteiger partial charge in [0.15, 0.2) is 0 Å². The number of amides is 1. The zero-order chi connectivity index (χ0) is 15.0. The minimum Gasteiger partial charge on any atom is -0.481 e. The molecule has 0 aromatic heterocycles. The van der Waals surface area contributed by atoms with E-state index in [1.54, 1.807) is 4.90 Å². The molecular weight excluding hydrogens is 256 g/mol. The van der Waals surface area contributed by atoms with Gasteiger partial charge in [0.25, 0.3) is 0 Å². The summed E-state index contributed by atoms with van der Waals surface area (Å²) in [5.74, 6) is -0.954. The van der Waals surface area contributed by atoms with Crippen molar-refractivity contribution < 1.29 is 14.7 Å². The third kappa shape index (κ3) is 5.01. The van der Waals surface area contributed by atoms with Crippen molar-refractivity contribution in [2.45, 2.75) is 26.7 Å². The second-order valence-electron chi connectivity index (χ2n) is 4.58. The Kier molecular flexibility index (Phi) is 6.73. The maximum absolute atomic E-state index is 12.3. The molecular formula is C15H22N2O3. The van der Waals surface area contributed by atoms with Gasteiger partial charge in [-0.05, 0) is 25.1 Å². The topological polar surface area (TPSA) is 69.6 Å². The second-order valence-corrected chi connectivity index (χ2v) is 4.58. The summed E-state index contributed by atoms with van der Waals surface area (Å²) in [6.07, 6.45) is 0.309. The first-order valence-corrected chi connectivity index (χ1v) is 6.84. The number of para-hydroxylation sites is 1. The Bertz CT molecular complexity index is 460. The molecule has 1 rings (SSSR count). The third-order valence-corrected chi connectivity index (χ3v) is 3.02. The number of aliphatic carboxylic acids is 1. The Morgan fingerprint density at radius 2 is 1.95 bits per heavy atom. The van der Waals surface area contributed by atoms with Crippen LogP contribution in [0.5, 0.6) is 0 Å². The van der Waals surface area contributed by atoms with Crippen LogP contribution in [0.2, 0.25) is 0 Å². The first-order valence-electron chi connectivity index (χ1n) is 6.84. The lowest BCUT2D eigenvalue weighted by Gasteiger charge is -2.24. The van der Waals surface area contributed by atoms with Crippen LogP contribution >= 0.6 is 0 Å². The minimum atomic E-state index is -0.900. The summed E-state index contributed by atoms with van der Waals surface area (Å²) < 4.78 is 0. The highest BCUT2D eigenvalue weighted by Gasteiger charge is 2.17. The fourth-order valence-electron chi connectivity index (χ4n) is 1.96. The lowest BCUT2D eigenvalue weighted by atomic mass is 10.1. The summed E-state index contributed by atoms with van der Waals surface area (Å²) >= 11 is 0. The fourth-order valence-corrected chi connectivity index (χ4v) is 1.96. The first kappa shape index (κ1) is 16.2. The van der Waals surface area contributed by atoms with Crippen LogP contribution in [0.4, 0.5) is 5.69 Å². The molecule has 2 N–H and O–H groups in total. The average Bonchev–Trinajstić information content (AvgIpc) is 2.41. The van der Waals surface area contributed by atoms with E-state index in [1.807, 2.05) is 38.1 Å². The predicted octanol–water partition coefficient (Wildman–Crippen LogP) is 1.80. The number of carboxylic acid groups (broad SMARTS) is 1. The number of anilines is 1. The van der Waals surface area contributed by atoms with Crippen molar-refractivity contribution in [1.82, 2.24) is 5.32 Å². The fraction of sp³-hybridized carbons (Fsp3) is 0.467. The smallest absolute Gasteiger partial charge is 0.305 e. The maximum atomic E-state index is 12.3. The molecule has 0 saturated heterocycles. The van der Waals surface area contributed by atoms with Gasteiger partial charge in [0.1, 0.15) is 0 Å². The van der Waals surface area contributed by atoms with E-state index in [4.69, 9.17) is 5.11 Å². The van der Waals surface area contributed by atoms with Crippen molar-refractivity contribution in [1.29, 1.82) is 0 Å². The molecule has 0 heterocycles. The molecule has 0 aliphatic rings. The monoisotopic (exact) mass is 278 g/mol. The van der Waals surface area contributed by atoms with Gasteiger partial charge in [-0.2, -0.15) is 0 Å². The van der Waals surface area contributed by atoms with E-state index in [2.05, 4.69) is 5.32 Å². The number of hydrogen-bond donors (Lipinski definition) is 2. The number of benzene rings is 1. The highest BCUT2D eigenvalue weighted by Crippen LogP contribution is 2.20. The van der Waals surface area contributed by atoms with E-state index in [9.17, 15) is 9.59 Å². The van der Waals surface area contributed by atoms with E-state index in [0.29, 0.717) is 13.0 Å². The normalized spacial score (nSPS) is 10.3. The van der Waals surface area contributed by atoms with Gasteiger partial charge in [0.2, 0.25) is 5.91 Å². The summed E-state index contributed by atoms with van der Waals surface area (Å²) in [6, 6.07) is 7.52. The number of nitrogens with zero attached hydrogens (tertiary/aromatic N) is 1. The Hall–Kier alpha value is -1.88. The van der Waals surface area contributed by atoms with Crippen LogP contribution in [-0.2, 0) is 9.59 Å². The van der Waals surface area contributed by atoms with Gasteiger partial charge in [0.05, 0.1) is 6.42 Å². The van der Waals surface area contributed by atoms with E-state index < -0.39 is 5.97 Å². The molecule has 0 saturated carbocycles. The molecule has 0 spiro atoms. The molecule has 0 radical (unpaired) electrons. The Morgan fingerprint density at radius 1 is 1.25 bits per heavy atom. The van der Waals surface area contributed by atoms with Crippen LogP contribution in [0.1, 0.15) is 25.3 Å². The summed E-state index contributed by atoms with van der Waals surface area (Å²) in [4.78, 5) is 24.6. The van der Waals surface area contributed by atoms with Gasteiger partial charge in [-0.3, -0.25) is 9.59 Å². The number of carboxylic acids is 1. The van der Waals surface area contributed by atoms with Crippen molar-refractivity contribution in [3.63, 3.8) is 0 Å². The quantitative estimate of drug-likeness (QED) is 0.711. The molecule has 5 heteroatoms. The van der Waals surface area contributed by atoms with Crippen molar-refractivity contribution in [3.05, 3.63) is 29.8 Å². The highest BCUT2D eigenvalue weighted by atomic mass is 16.4. The van der Waals surface area contributed by atoms with Crippen molar-refractivity contribution in [3.8, 4) is 0 Å². The molecule has 1 amide bonds. The Balaban J connectivity index is 2.82. The number of hydrogen-bond acceptors (Lipinski definition) is 3. The molecule has 110 valence electrons. The van der Waals surface area contributed by atoms with Gasteiger partial charge in [0, 0.05) is 25.2 Å². The van der Waals surface area contributed by atoms with E-state index in [-0.39, 0.29) is 18.9 Å². The lowest BCUT2D eigenvalue weighted by molar-refractivity contribution is -0.136. The molecule has 20 heavy (non-hydrogen) atoms. The number of carbonyl (C=O) groups excluding carboxylic acids is 1. The molecule has 0 aliphatic carbocycles. The maximum Gasteiger partial charge on any atom is 0.305 e. The van der Waals surface area contributed by atoms with Crippen LogP contribution in [0, 0.1) is 6.92 Å². The van der Waals surface area contributed by atoms with Gasteiger partial charge < -0.3 is 15.3 Å². The molecule has 5 nitrogen and oxygen atoms in total. The molecule has 0 atom stereocenters. The van der Waals surface area contributed by atoms with Crippen LogP contribution in [-0.4, -0.2) is 36.6 Å². The number of rotatable bonds is 8. The summed E-state index contributed by atoms with van der Waals surface area (Å²) in [6.45, 7) is 5.51. The van der Waals surface area contributed by atoms with Gasteiger partial charge in [-0.15, -0.1) is 0 Å². The largest absolute Gasteiger partial charge is 0.481 e. The van der Waals surface area contributed by atoms with E-state index in [1.165, 1.54) is 0 Å². The standard InChI is InChI=1S/C15H22N2O3/c1-3-16-10-8-14(18)17(11-9-15(19)20)13-7-5-4-6-12(13)2/h4-7,16H,3,8-11H2,1-2H3,(H,19,20). The van der Waals surface area contributed by atoms with Crippen LogP contribution in [0.15, 0.2) is 24.3 Å². The molecule has 0 aliphatic heterocycles. The summed E-state index contributed by atoms with van der Waals surface area (Å²) in [5, 5.41) is 11.9. The molecule has 1 aromatic carbocycles. The zero-order valence-electron chi connectivity index (χ0n) is 12.1. The van der Waals surface area contributed by atoms with Gasteiger partial charge >= 0.3 is 5.97 Å². The van der Waals surface area contributed by atoms with Crippen molar-refractivity contribution in [2.75, 3.05) is 24.5 Å². The van der Waals surface area contributed by atoms with Gasteiger partial charge in [-0.1, -0.05) is 25.1 Å². The number of carbonyl (C=O) groups is 2. The second kappa shape index (κ2) is 8.32. The molecule has 1 aromatic rings. The van der Waals surface area contributed by atoms with Crippen molar-refractivity contribution >= 4 is 17.6 Å². The Labute approximate surface area is 119 Å². The lowest BCUT2D eigenvalue weighted by Crippen LogP contribution is -2.35. The minimum absolute atomic E-state index is 0.0542.